The van der Waals surface area contributed by atoms with Gasteiger partial charge in [-0.2, -0.15) is 0 Å². The Labute approximate surface area is 129 Å². The first-order valence-corrected chi connectivity index (χ1v) is 7.41. The monoisotopic (exact) mass is 298 g/mol. The molecule has 2 heterocycles. The third-order valence-corrected chi connectivity index (χ3v) is 4.43. The Hall–Kier alpha value is -2.43. The molecular weight excluding hydrogens is 280 g/mol. The zero-order valence-electron chi connectivity index (χ0n) is 12.5. The largest absolute Gasteiger partial charge is 0.322 e. The Kier molecular flexibility index (Phi) is 3.56. The number of carbonyl (C=O) groups is 3. The quantitative estimate of drug-likeness (QED) is 0.683. The van der Waals surface area contributed by atoms with E-state index in [1.54, 1.807) is 4.90 Å². The Morgan fingerprint density at radius 2 is 2.14 bits per heavy atom. The Balaban J connectivity index is 1.86. The van der Waals surface area contributed by atoms with Crippen LogP contribution >= 0.6 is 0 Å². The predicted octanol–water partition coefficient (Wildman–Crippen LogP) is 1.74. The van der Waals surface area contributed by atoms with E-state index in [0.29, 0.717) is 18.5 Å². The molecule has 1 N–H and O–H groups in total. The summed E-state index contributed by atoms with van der Waals surface area (Å²) in [5.41, 5.74) is 2.61. The molecule has 0 radical (unpaired) electrons. The summed E-state index contributed by atoms with van der Waals surface area (Å²) >= 11 is 0. The highest BCUT2D eigenvalue weighted by Crippen LogP contribution is 2.30. The first kappa shape index (κ1) is 14.5. The van der Waals surface area contributed by atoms with Crippen LogP contribution < -0.4 is 5.32 Å². The van der Waals surface area contributed by atoms with E-state index < -0.39 is 6.04 Å². The van der Waals surface area contributed by atoms with E-state index in [1.807, 2.05) is 31.2 Å². The molecule has 1 saturated heterocycles. The summed E-state index contributed by atoms with van der Waals surface area (Å²) < 4.78 is 0. The number of nitrogens with one attached hydrogen (secondary N) is 1. The molecule has 3 rings (SSSR count). The van der Waals surface area contributed by atoms with Crippen LogP contribution in [0.5, 0.6) is 0 Å². The summed E-state index contributed by atoms with van der Waals surface area (Å²) in [5, 5.41) is 2.31. The first-order chi connectivity index (χ1) is 10.5. The van der Waals surface area contributed by atoms with Crippen LogP contribution in [-0.2, 0) is 16.1 Å². The van der Waals surface area contributed by atoms with E-state index in [4.69, 9.17) is 0 Å². The normalized spacial score (nSPS) is 22.3. The molecule has 3 amide bonds. The van der Waals surface area contributed by atoms with Gasteiger partial charge in [0.2, 0.25) is 11.8 Å². The van der Waals surface area contributed by atoms with Crippen LogP contribution in [0.3, 0.4) is 0 Å². The second kappa shape index (κ2) is 5.40. The molecule has 114 valence electrons. The third kappa shape index (κ3) is 2.32. The van der Waals surface area contributed by atoms with Crippen molar-refractivity contribution in [3.05, 3.63) is 47.5 Å². The van der Waals surface area contributed by atoms with Gasteiger partial charge in [-0.05, 0) is 29.5 Å². The summed E-state index contributed by atoms with van der Waals surface area (Å²) in [6, 6.07) is 5.26. The van der Waals surface area contributed by atoms with E-state index >= 15 is 0 Å². The van der Waals surface area contributed by atoms with Gasteiger partial charge in [0, 0.05) is 18.5 Å². The van der Waals surface area contributed by atoms with Crippen molar-refractivity contribution in [2.75, 3.05) is 0 Å². The van der Waals surface area contributed by atoms with Crippen molar-refractivity contribution in [1.82, 2.24) is 10.2 Å². The Bertz CT molecular complexity index is 680. The lowest BCUT2D eigenvalue weighted by Gasteiger charge is -2.29. The molecule has 0 spiro atoms. The molecule has 0 saturated carbocycles. The van der Waals surface area contributed by atoms with Crippen LogP contribution in [0.1, 0.15) is 47.2 Å². The highest BCUT2D eigenvalue weighted by molar-refractivity contribution is 6.05. The Morgan fingerprint density at radius 1 is 1.36 bits per heavy atom. The fourth-order valence-corrected chi connectivity index (χ4v) is 2.99. The highest BCUT2D eigenvalue weighted by Gasteiger charge is 2.39. The molecule has 2 aliphatic heterocycles. The maximum absolute atomic E-state index is 12.6. The second-order valence-corrected chi connectivity index (χ2v) is 5.84. The minimum atomic E-state index is -0.558. The van der Waals surface area contributed by atoms with Crippen LogP contribution in [0.15, 0.2) is 30.9 Å². The van der Waals surface area contributed by atoms with Gasteiger partial charge in [-0.25, -0.2) is 0 Å². The van der Waals surface area contributed by atoms with Gasteiger partial charge in [0.1, 0.15) is 6.04 Å². The van der Waals surface area contributed by atoms with Crippen LogP contribution in [0.4, 0.5) is 0 Å². The second-order valence-electron chi connectivity index (χ2n) is 5.84. The molecule has 1 aromatic rings. The van der Waals surface area contributed by atoms with Crippen LogP contribution in [-0.4, -0.2) is 28.7 Å². The smallest absolute Gasteiger partial charge is 0.255 e. The van der Waals surface area contributed by atoms with Crippen molar-refractivity contribution < 1.29 is 14.4 Å². The maximum atomic E-state index is 12.6. The zero-order valence-corrected chi connectivity index (χ0v) is 12.5. The average molecular weight is 298 g/mol. The number of imide groups is 1. The standard InChI is InChI=1S/C17H18N2O3/c1-3-10(2)11-4-5-12-9-19(17(22)13(12)8-11)14-6-7-15(20)18-16(14)21/h3-5,8,10,14H,1,6-7,9H2,2H3,(H,18,20,21)/t10?,14-/m1/s1. The molecule has 5 heteroatoms. The number of piperidine rings is 1. The number of nitrogens with zero attached hydrogens (tertiary/aromatic N) is 1. The zero-order chi connectivity index (χ0) is 15.9. The highest BCUT2D eigenvalue weighted by atomic mass is 16.2. The van der Waals surface area contributed by atoms with E-state index in [1.165, 1.54) is 0 Å². The van der Waals surface area contributed by atoms with Gasteiger partial charge >= 0.3 is 0 Å². The maximum Gasteiger partial charge on any atom is 0.255 e. The van der Waals surface area contributed by atoms with Gasteiger partial charge < -0.3 is 4.90 Å². The number of allylic oxidation sites excluding steroid dienone is 1. The molecule has 2 atom stereocenters. The SMILES string of the molecule is C=CC(C)c1ccc2c(c1)C(=O)N([C@@H]1CCC(=O)NC1=O)C2. The number of hydrogen-bond acceptors (Lipinski definition) is 3. The van der Waals surface area contributed by atoms with Crippen molar-refractivity contribution in [2.24, 2.45) is 0 Å². The van der Waals surface area contributed by atoms with Gasteiger partial charge in [0.25, 0.3) is 5.91 Å². The number of amides is 3. The molecule has 0 aromatic heterocycles. The third-order valence-electron chi connectivity index (χ3n) is 4.43. The average Bonchev–Trinajstić information content (AvgIpc) is 2.83. The summed E-state index contributed by atoms with van der Waals surface area (Å²) in [4.78, 5) is 37.4. The fraction of sp³-hybridized carbons (Fsp3) is 0.353. The molecule has 0 bridgehead atoms. The van der Waals surface area contributed by atoms with Crippen molar-refractivity contribution in [1.29, 1.82) is 0 Å². The van der Waals surface area contributed by atoms with E-state index in [-0.39, 0.29) is 30.1 Å². The van der Waals surface area contributed by atoms with Crippen molar-refractivity contribution in [2.45, 2.75) is 38.3 Å². The molecule has 2 aliphatic rings. The van der Waals surface area contributed by atoms with Crippen LogP contribution in [0.25, 0.3) is 0 Å². The van der Waals surface area contributed by atoms with Gasteiger partial charge in [-0.1, -0.05) is 25.1 Å². The van der Waals surface area contributed by atoms with Crippen LogP contribution in [0.2, 0.25) is 0 Å². The molecular formula is C17H18N2O3. The molecule has 0 aliphatic carbocycles. The van der Waals surface area contributed by atoms with Gasteiger partial charge in [-0.15, -0.1) is 6.58 Å². The molecule has 1 fully saturated rings. The predicted molar refractivity (Wildman–Crippen MR) is 81.1 cm³/mol. The lowest BCUT2D eigenvalue weighted by atomic mass is 9.97. The summed E-state index contributed by atoms with van der Waals surface area (Å²) in [7, 11) is 0. The number of hydrogen-bond donors (Lipinski definition) is 1. The summed E-state index contributed by atoms with van der Waals surface area (Å²) in [6.45, 7) is 6.21. The topological polar surface area (TPSA) is 66.5 Å². The minimum absolute atomic E-state index is 0.136. The lowest BCUT2D eigenvalue weighted by Crippen LogP contribution is -2.52. The number of carbonyl (C=O) groups excluding carboxylic acids is 3. The molecule has 5 nitrogen and oxygen atoms in total. The fourth-order valence-electron chi connectivity index (χ4n) is 2.99. The van der Waals surface area contributed by atoms with Gasteiger partial charge in [-0.3, -0.25) is 19.7 Å². The summed E-state index contributed by atoms with van der Waals surface area (Å²) in [5.74, 6) is -0.616. The van der Waals surface area contributed by atoms with Gasteiger partial charge in [0.05, 0.1) is 0 Å². The summed E-state index contributed by atoms with van der Waals surface area (Å²) in [6.07, 6.45) is 2.49. The van der Waals surface area contributed by atoms with Crippen molar-refractivity contribution in [3.63, 3.8) is 0 Å². The number of rotatable bonds is 3. The lowest BCUT2D eigenvalue weighted by molar-refractivity contribution is -0.136. The van der Waals surface area contributed by atoms with E-state index in [0.717, 1.165) is 11.1 Å². The molecule has 22 heavy (non-hydrogen) atoms. The van der Waals surface area contributed by atoms with E-state index in [2.05, 4.69) is 11.9 Å². The van der Waals surface area contributed by atoms with Crippen molar-refractivity contribution in [3.8, 4) is 0 Å². The van der Waals surface area contributed by atoms with Crippen LogP contribution in [0, 0.1) is 0 Å². The molecule has 1 aromatic carbocycles. The van der Waals surface area contributed by atoms with E-state index in [9.17, 15) is 14.4 Å². The Morgan fingerprint density at radius 3 is 2.82 bits per heavy atom. The van der Waals surface area contributed by atoms with Crippen molar-refractivity contribution >= 4 is 17.7 Å². The van der Waals surface area contributed by atoms with Gasteiger partial charge in [0.15, 0.2) is 0 Å². The molecule has 1 unspecified atom stereocenters. The number of fused-ring (bicyclic) bond motifs is 1. The minimum Gasteiger partial charge on any atom is -0.322 e. The number of benzene rings is 1. The first-order valence-electron chi connectivity index (χ1n) is 7.41.